The van der Waals surface area contributed by atoms with Crippen LogP contribution in [0, 0.1) is 0 Å². The van der Waals surface area contributed by atoms with Crippen LogP contribution in [0.1, 0.15) is 17.4 Å². The molecule has 1 atom stereocenters. The average molecular weight is 339 g/mol. The number of ether oxygens (including phenoxy) is 2. The summed E-state index contributed by atoms with van der Waals surface area (Å²) < 4.78 is 16.6. The van der Waals surface area contributed by atoms with E-state index in [9.17, 15) is 0 Å². The van der Waals surface area contributed by atoms with Crippen molar-refractivity contribution in [2.75, 3.05) is 26.8 Å². The first-order chi connectivity index (χ1) is 12.3. The minimum absolute atomic E-state index is 0.0138. The van der Waals surface area contributed by atoms with Gasteiger partial charge in [0.2, 0.25) is 0 Å². The quantitative estimate of drug-likeness (QED) is 0.773. The lowest BCUT2D eigenvalue weighted by atomic mass is 10.1. The van der Waals surface area contributed by atoms with Gasteiger partial charge in [-0.15, -0.1) is 0 Å². The van der Waals surface area contributed by atoms with Gasteiger partial charge in [0.15, 0.2) is 0 Å². The maximum absolute atomic E-state index is 5.84. The summed E-state index contributed by atoms with van der Waals surface area (Å²) in [5.41, 5.74) is 3.32. The molecule has 1 saturated heterocycles. The largest absolute Gasteiger partial charge is 0.497 e. The Bertz CT molecular complexity index is 796. The maximum atomic E-state index is 5.84. The lowest BCUT2D eigenvalue weighted by Crippen LogP contribution is -2.37. The van der Waals surface area contributed by atoms with E-state index in [1.807, 2.05) is 42.6 Å². The highest BCUT2D eigenvalue weighted by atomic mass is 16.5. The summed E-state index contributed by atoms with van der Waals surface area (Å²) >= 11 is 0. The van der Waals surface area contributed by atoms with Crippen molar-refractivity contribution in [3.63, 3.8) is 0 Å². The van der Waals surface area contributed by atoms with E-state index in [0.29, 0.717) is 6.61 Å². The van der Waals surface area contributed by atoms with Crippen molar-refractivity contribution >= 4 is 0 Å². The Kier molecular flexibility index (Phi) is 4.54. The Morgan fingerprint density at radius 3 is 2.92 bits per heavy atom. The zero-order valence-electron chi connectivity index (χ0n) is 14.1. The summed E-state index contributed by atoms with van der Waals surface area (Å²) in [7, 11) is 1.67. The Labute approximate surface area is 146 Å². The molecular weight excluding hydrogens is 318 g/mol. The van der Waals surface area contributed by atoms with Crippen LogP contribution >= 0.6 is 0 Å². The van der Waals surface area contributed by atoms with E-state index in [4.69, 9.17) is 13.9 Å². The van der Waals surface area contributed by atoms with E-state index in [2.05, 4.69) is 15.1 Å². The molecule has 0 spiro atoms. The van der Waals surface area contributed by atoms with Crippen LogP contribution in [0.4, 0.5) is 0 Å². The number of hydrogen-bond acceptors (Lipinski definition) is 5. The van der Waals surface area contributed by atoms with Gasteiger partial charge in [0.25, 0.3) is 0 Å². The molecule has 1 N–H and O–H groups in total. The van der Waals surface area contributed by atoms with Crippen LogP contribution in [0.3, 0.4) is 0 Å². The molecule has 0 aliphatic carbocycles. The van der Waals surface area contributed by atoms with Gasteiger partial charge in [0, 0.05) is 30.8 Å². The van der Waals surface area contributed by atoms with Crippen molar-refractivity contribution in [2.45, 2.75) is 12.6 Å². The molecular formula is C19H21N3O3. The number of furan rings is 1. The molecule has 1 aliphatic rings. The molecule has 0 radical (unpaired) electrons. The van der Waals surface area contributed by atoms with Crippen molar-refractivity contribution in [1.29, 1.82) is 0 Å². The van der Waals surface area contributed by atoms with Gasteiger partial charge >= 0.3 is 0 Å². The molecule has 0 saturated carbocycles. The highest BCUT2D eigenvalue weighted by Crippen LogP contribution is 2.27. The lowest BCUT2D eigenvalue weighted by molar-refractivity contribution is -0.0427. The number of hydrogen-bond donors (Lipinski definition) is 1. The van der Waals surface area contributed by atoms with E-state index in [1.165, 1.54) is 5.56 Å². The predicted molar refractivity (Wildman–Crippen MR) is 93.3 cm³/mol. The number of nitrogens with one attached hydrogen (secondary N) is 1. The third-order valence-corrected chi connectivity index (χ3v) is 4.50. The second kappa shape index (κ2) is 7.13. The molecule has 0 amide bonds. The van der Waals surface area contributed by atoms with E-state index in [1.54, 1.807) is 13.4 Å². The Morgan fingerprint density at radius 2 is 2.16 bits per heavy atom. The zero-order valence-corrected chi connectivity index (χ0v) is 14.1. The molecule has 1 unspecified atom stereocenters. The predicted octanol–water partition coefficient (Wildman–Crippen LogP) is 3.25. The molecule has 3 aromatic rings. The number of benzene rings is 1. The second-order valence-corrected chi connectivity index (χ2v) is 6.11. The molecule has 2 aromatic heterocycles. The van der Waals surface area contributed by atoms with Gasteiger partial charge in [0.05, 0.1) is 31.9 Å². The van der Waals surface area contributed by atoms with E-state index in [-0.39, 0.29) is 6.10 Å². The molecule has 4 rings (SSSR count). The van der Waals surface area contributed by atoms with Crippen molar-refractivity contribution in [3.05, 3.63) is 60.2 Å². The average Bonchev–Trinajstić information content (AvgIpc) is 3.34. The minimum atomic E-state index is -0.0138. The Balaban J connectivity index is 1.48. The normalized spacial score (nSPS) is 18.4. The number of nitrogens with zero attached hydrogens (tertiary/aromatic N) is 2. The summed E-state index contributed by atoms with van der Waals surface area (Å²) in [4.78, 5) is 2.37. The van der Waals surface area contributed by atoms with Gasteiger partial charge in [-0.3, -0.25) is 10.00 Å². The second-order valence-electron chi connectivity index (χ2n) is 6.11. The molecule has 1 aliphatic heterocycles. The van der Waals surface area contributed by atoms with Crippen LogP contribution in [0.2, 0.25) is 0 Å². The number of morpholine rings is 1. The van der Waals surface area contributed by atoms with Crippen LogP contribution in [-0.2, 0) is 11.3 Å². The van der Waals surface area contributed by atoms with Gasteiger partial charge in [-0.2, -0.15) is 5.10 Å². The molecule has 6 heteroatoms. The molecule has 1 fully saturated rings. The molecule has 1 aromatic carbocycles. The first-order valence-electron chi connectivity index (χ1n) is 8.37. The van der Waals surface area contributed by atoms with Crippen LogP contribution in [0.5, 0.6) is 5.75 Å². The topological polar surface area (TPSA) is 63.5 Å². The number of aromatic amines is 1. The summed E-state index contributed by atoms with van der Waals surface area (Å²) in [6.45, 7) is 3.21. The van der Waals surface area contributed by atoms with Gasteiger partial charge in [-0.25, -0.2) is 0 Å². The number of rotatable bonds is 5. The molecule has 6 nitrogen and oxygen atoms in total. The highest BCUT2D eigenvalue weighted by molar-refractivity contribution is 5.63. The van der Waals surface area contributed by atoms with Gasteiger partial charge in [-0.1, -0.05) is 0 Å². The fourth-order valence-electron chi connectivity index (χ4n) is 3.17. The first kappa shape index (κ1) is 15.9. The van der Waals surface area contributed by atoms with Crippen molar-refractivity contribution in [3.8, 4) is 17.0 Å². The number of H-pyrrole nitrogens is 1. The van der Waals surface area contributed by atoms with Crippen molar-refractivity contribution < 1.29 is 13.9 Å². The standard InChI is InChI=1S/C19H21N3O3/c1-23-16-6-4-14(5-7-16)19-15(11-20-21-19)12-22-8-10-25-18(13-22)17-3-2-9-24-17/h2-7,9,11,18H,8,10,12-13H2,1H3,(H,20,21). The monoisotopic (exact) mass is 339 g/mol. The molecule has 25 heavy (non-hydrogen) atoms. The minimum Gasteiger partial charge on any atom is -0.497 e. The van der Waals surface area contributed by atoms with E-state index in [0.717, 1.165) is 42.4 Å². The van der Waals surface area contributed by atoms with Crippen LogP contribution in [-0.4, -0.2) is 41.9 Å². The summed E-state index contributed by atoms with van der Waals surface area (Å²) in [6, 6.07) is 11.9. The third kappa shape index (κ3) is 3.45. The Morgan fingerprint density at radius 1 is 1.28 bits per heavy atom. The lowest BCUT2D eigenvalue weighted by Gasteiger charge is -2.31. The van der Waals surface area contributed by atoms with Gasteiger partial charge in [0.1, 0.15) is 17.6 Å². The van der Waals surface area contributed by atoms with E-state index >= 15 is 0 Å². The third-order valence-electron chi connectivity index (χ3n) is 4.50. The maximum Gasteiger partial charge on any atom is 0.133 e. The fraction of sp³-hybridized carbons (Fsp3) is 0.316. The zero-order chi connectivity index (χ0) is 17.1. The van der Waals surface area contributed by atoms with Crippen LogP contribution in [0.15, 0.2) is 53.3 Å². The van der Waals surface area contributed by atoms with Gasteiger partial charge in [-0.05, 0) is 36.4 Å². The Hall–Kier alpha value is -2.57. The number of aromatic nitrogens is 2. The summed E-state index contributed by atoms with van der Waals surface area (Å²) in [5, 5.41) is 7.36. The molecule has 0 bridgehead atoms. The number of methoxy groups -OCH3 is 1. The van der Waals surface area contributed by atoms with E-state index < -0.39 is 0 Å². The van der Waals surface area contributed by atoms with Crippen LogP contribution < -0.4 is 4.74 Å². The molecule has 3 heterocycles. The highest BCUT2D eigenvalue weighted by Gasteiger charge is 2.24. The van der Waals surface area contributed by atoms with Gasteiger partial charge < -0.3 is 13.9 Å². The van der Waals surface area contributed by atoms with Crippen molar-refractivity contribution in [1.82, 2.24) is 15.1 Å². The smallest absolute Gasteiger partial charge is 0.133 e. The summed E-state index contributed by atoms with van der Waals surface area (Å²) in [5.74, 6) is 1.73. The SMILES string of the molecule is COc1ccc(-c2[nH]ncc2CN2CCOC(c3ccco3)C2)cc1. The van der Waals surface area contributed by atoms with Crippen molar-refractivity contribution in [2.24, 2.45) is 0 Å². The summed E-state index contributed by atoms with van der Waals surface area (Å²) in [6.07, 6.45) is 3.58. The van der Waals surface area contributed by atoms with Crippen LogP contribution in [0.25, 0.3) is 11.3 Å². The molecule has 130 valence electrons. The first-order valence-corrected chi connectivity index (χ1v) is 8.37. The fourth-order valence-corrected chi connectivity index (χ4v) is 3.17.